The lowest BCUT2D eigenvalue weighted by atomic mass is 10.1. The van der Waals surface area contributed by atoms with Crippen LogP contribution in [0.3, 0.4) is 0 Å². The second-order valence-electron chi connectivity index (χ2n) is 5.08. The van der Waals surface area contributed by atoms with E-state index in [-0.39, 0.29) is 30.7 Å². The summed E-state index contributed by atoms with van der Waals surface area (Å²) in [5.41, 5.74) is 0. The van der Waals surface area contributed by atoms with Crippen LogP contribution in [0.5, 0.6) is 0 Å². The van der Waals surface area contributed by atoms with E-state index in [2.05, 4.69) is 29.4 Å². The van der Waals surface area contributed by atoms with Crippen LogP contribution in [0.25, 0.3) is 0 Å². The number of unbranched alkanes of at least 4 members (excludes halogenated alkanes) is 1. The fourth-order valence-corrected chi connectivity index (χ4v) is 2.45. The highest BCUT2D eigenvalue weighted by Gasteiger charge is 2.16. The van der Waals surface area contributed by atoms with Crippen LogP contribution in [0.15, 0.2) is 0 Å². The molecule has 1 unspecified atom stereocenters. The summed E-state index contributed by atoms with van der Waals surface area (Å²) in [4.78, 5) is 14.1. The van der Waals surface area contributed by atoms with Crippen molar-refractivity contribution in [1.82, 2.24) is 15.5 Å². The van der Waals surface area contributed by atoms with Gasteiger partial charge < -0.3 is 15.5 Å². The van der Waals surface area contributed by atoms with Crippen molar-refractivity contribution in [3.8, 4) is 0 Å². The van der Waals surface area contributed by atoms with Crippen LogP contribution in [0.2, 0.25) is 0 Å². The Bertz CT molecular complexity index is 232. The molecular formula is C14H31Cl2N3O. The Hall–Kier alpha value is -0.0300. The quantitative estimate of drug-likeness (QED) is 0.638. The van der Waals surface area contributed by atoms with E-state index in [4.69, 9.17) is 0 Å². The monoisotopic (exact) mass is 327 g/mol. The van der Waals surface area contributed by atoms with E-state index in [0.29, 0.717) is 12.5 Å². The van der Waals surface area contributed by atoms with Crippen molar-refractivity contribution in [1.29, 1.82) is 0 Å². The van der Waals surface area contributed by atoms with Crippen molar-refractivity contribution in [3.63, 3.8) is 0 Å². The first-order chi connectivity index (χ1) is 8.76. The van der Waals surface area contributed by atoms with Crippen molar-refractivity contribution in [3.05, 3.63) is 0 Å². The molecule has 0 saturated carbocycles. The fourth-order valence-electron chi connectivity index (χ4n) is 2.45. The molecule has 1 fully saturated rings. The Kier molecular flexibility index (Phi) is 15.5. The number of hydrogen-bond acceptors (Lipinski definition) is 3. The summed E-state index contributed by atoms with van der Waals surface area (Å²) in [5, 5.41) is 6.37. The van der Waals surface area contributed by atoms with Gasteiger partial charge in [-0.3, -0.25) is 4.79 Å². The average molecular weight is 328 g/mol. The number of halogens is 2. The molecule has 0 aromatic carbocycles. The van der Waals surface area contributed by atoms with Crippen molar-refractivity contribution in [2.45, 2.75) is 52.0 Å². The Morgan fingerprint density at radius 2 is 1.95 bits per heavy atom. The predicted molar refractivity (Wildman–Crippen MR) is 90.2 cm³/mol. The van der Waals surface area contributed by atoms with Crippen LogP contribution in [-0.4, -0.2) is 49.6 Å². The number of rotatable bonds is 9. The SMILES string of the molecule is CCN(CC)CCCCNC(=O)CC1CCCN1.Cl.Cl. The van der Waals surface area contributed by atoms with Gasteiger partial charge in [-0.25, -0.2) is 0 Å². The third kappa shape index (κ3) is 9.81. The van der Waals surface area contributed by atoms with E-state index in [0.717, 1.165) is 45.6 Å². The standard InChI is InChI=1S/C14H29N3O.2ClH/c1-3-17(4-2)11-6-5-9-16-14(18)12-13-8-7-10-15-13;;/h13,15H,3-12H2,1-2H3,(H,16,18);2*1H. The summed E-state index contributed by atoms with van der Waals surface area (Å²) in [6.07, 6.45) is 5.26. The molecule has 1 heterocycles. The van der Waals surface area contributed by atoms with Crippen LogP contribution in [-0.2, 0) is 4.79 Å². The molecule has 0 spiro atoms. The fraction of sp³-hybridized carbons (Fsp3) is 0.929. The first kappa shape index (κ1) is 22.3. The largest absolute Gasteiger partial charge is 0.356 e. The smallest absolute Gasteiger partial charge is 0.221 e. The topological polar surface area (TPSA) is 44.4 Å². The predicted octanol–water partition coefficient (Wildman–Crippen LogP) is 2.21. The number of hydrogen-bond donors (Lipinski definition) is 2. The zero-order valence-electron chi connectivity index (χ0n) is 12.8. The van der Waals surface area contributed by atoms with Gasteiger partial charge in [0.2, 0.25) is 5.91 Å². The van der Waals surface area contributed by atoms with E-state index in [1.165, 1.54) is 12.8 Å². The maximum Gasteiger partial charge on any atom is 0.221 e. The zero-order chi connectivity index (χ0) is 13.2. The van der Waals surface area contributed by atoms with Gasteiger partial charge in [0.25, 0.3) is 0 Å². The lowest BCUT2D eigenvalue weighted by Crippen LogP contribution is -2.32. The summed E-state index contributed by atoms with van der Waals surface area (Å²) >= 11 is 0. The Morgan fingerprint density at radius 3 is 2.50 bits per heavy atom. The van der Waals surface area contributed by atoms with E-state index in [1.54, 1.807) is 0 Å². The third-order valence-electron chi connectivity index (χ3n) is 3.71. The molecular weight excluding hydrogens is 297 g/mol. The first-order valence-corrected chi connectivity index (χ1v) is 7.48. The molecule has 4 nitrogen and oxygen atoms in total. The minimum Gasteiger partial charge on any atom is -0.356 e. The molecule has 0 aliphatic carbocycles. The summed E-state index contributed by atoms with van der Waals surface area (Å²) in [5.74, 6) is 0.206. The highest BCUT2D eigenvalue weighted by molar-refractivity contribution is 5.85. The molecule has 0 aromatic rings. The number of carbonyl (C=O) groups is 1. The van der Waals surface area contributed by atoms with Crippen molar-refractivity contribution < 1.29 is 4.79 Å². The molecule has 2 N–H and O–H groups in total. The van der Waals surface area contributed by atoms with Crippen LogP contribution >= 0.6 is 24.8 Å². The molecule has 1 rings (SSSR count). The Morgan fingerprint density at radius 1 is 1.25 bits per heavy atom. The molecule has 0 aromatic heterocycles. The molecule has 1 saturated heterocycles. The number of nitrogens with one attached hydrogen (secondary N) is 2. The van der Waals surface area contributed by atoms with Crippen LogP contribution in [0, 0.1) is 0 Å². The minimum atomic E-state index is 0. The van der Waals surface area contributed by atoms with Gasteiger partial charge in [0.15, 0.2) is 0 Å². The van der Waals surface area contributed by atoms with E-state index >= 15 is 0 Å². The van der Waals surface area contributed by atoms with Gasteiger partial charge in [0.05, 0.1) is 0 Å². The van der Waals surface area contributed by atoms with Crippen molar-refractivity contribution in [2.24, 2.45) is 0 Å². The van der Waals surface area contributed by atoms with Gasteiger partial charge >= 0.3 is 0 Å². The van der Waals surface area contributed by atoms with Crippen LogP contribution in [0.1, 0.15) is 46.0 Å². The normalized spacial score (nSPS) is 17.4. The zero-order valence-corrected chi connectivity index (χ0v) is 14.5. The summed E-state index contributed by atoms with van der Waals surface area (Å²) in [7, 11) is 0. The van der Waals surface area contributed by atoms with Crippen LogP contribution < -0.4 is 10.6 Å². The summed E-state index contributed by atoms with van der Waals surface area (Å²) < 4.78 is 0. The molecule has 20 heavy (non-hydrogen) atoms. The van der Waals surface area contributed by atoms with Gasteiger partial charge in [-0.05, 0) is 51.9 Å². The number of nitrogens with zero attached hydrogens (tertiary/aromatic N) is 1. The molecule has 122 valence electrons. The van der Waals surface area contributed by atoms with Crippen LogP contribution in [0.4, 0.5) is 0 Å². The molecule has 1 aliphatic rings. The van der Waals surface area contributed by atoms with E-state index in [1.807, 2.05) is 0 Å². The first-order valence-electron chi connectivity index (χ1n) is 7.48. The average Bonchev–Trinajstić information content (AvgIpc) is 2.86. The van der Waals surface area contributed by atoms with E-state index in [9.17, 15) is 4.79 Å². The second-order valence-corrected chi connectivity index (χ2v) is 5.08. The highest BCUT2D eigenvalue weighted by atomic mass is 35.5. The van der Waals surface area contributed by atoms with Gasteiger partial charge in [0.1, 0.15) is 0 Å². The lowest BCUT2D eigenvalue weighted by molar-refractivity contribution is -0.121. The molecule has 6 heteroatoms. The number of amides is 1. The maximum absolute atomic E-state index is 11.6. The number of carbonyl (C=O) groups excluding carboxylic acids is 1. The molecule has 1 amide bonds. The van der Waals surface area contributed by atoms with Crippen molar-refractivity contribution >= 4 is 30.7 Å². The Balaban J connectivity index is 0. The highest BCUT2D eigenvalue weighted by Crippen LogP contribution is 2.08. The van der Waals surface area contributed by atoms with Gasteiger partial charge in [-0.2, -0.15) is 0 Å². The molecule has 0 radical (unpaired) electrons. The summed E-state index contributed by atoms with van der Waals surface area (Å²) in [6.45, 7) is 9.67. The maximum atomic E-state index is 11.6. The Labute approximate surface area is 136 Å². The van der Waals surface area contributed by atoms with Gasteiger partial charge in [-0.1, -0.05) is 13.8 Å². The summed E-state index contributed by atoms with van der Waals surface area (Å²) in [6, 6.07) is 0.417. The molecule has 0 bridgehead atoms. The van der Waals surface area contributed by atoms with Gasteiger partial charge in [-0.15, -0.1) is 24.8 Å². The minimum absolute atomic E-state index is 0. The second kappa shape index (κ2) is 13.9. The van der Waals surface area contributed by atoms with Gasteiger partial charge in [0, 0.05) is 19.0 Å². The lowest BCUT2D eigenvalue weighted by Gasteiger charge is -2.17. The van der Waals surface area contributed by atoms with Crippen molar-refractivity contribution in [2.75, 3.05) is 32.7 Å². The van der Waals surface area contributed by atoms with E-state index < -0.39 is 0 Å². The molecule has 1 atom stereocenters. The third-order valence-corrected chi connectivity index (χ3v) is 3.71. The molecule has 1 aliphatic heterocycles.